The summed E-state index contributed by atoms with van der Waals surface area (Å²) in [5, 5.41) is 13.4. The minimum Gasteiger partial charge on any atom is -0.396 e. The number of hydrogen-bond acceptors (Lipinski definition) is 3. The Hall–Kier alpha value is -1.59. The van der Waals surface area contributed by atoms with E-state index in [4.69, 9.17) is 28.3 Å². The maximum absolute atomic E-state index is 12.8. The third kappa shape index (κ3) is 6.48. The normalized spacial score (nSPS) is 18.5. The number of nitrogens with zero attached hydrogens (tertiary/aromatic N) is 1. The first-order valence-electron chi connectivity index (χ1n) is 11.5. The molecule has 174 valence electrons. The number of aliphatic hydroxyl groups excluding tert-OH is 1. The molecule has 1 aliphatic rings. The second kappa shape index (κ2) is 12.0. The number of carbonyl (C=O) groups is 1. The Labute approximate surface area is 201 Å². The third-order valence-corrected chi connectivity index (χ3v) is 7.35. The number of aryl methyl sites for hydroxylation is 1. The van der Waals surface area contributed by atoms with Gasteiger partial charge < -0.3 is 15.3 Å². The standard InChI is InChI=1S/C26H34Cl2N2O2/c1-29-17-21-14-18(4-3-13-31)5-11-23(21)20-7-9-22(10-8-20)30(2)26(32)16-19-6-12-24(27)25(28)15-19/h5-6,11-12,14-15,20,22,29,31H,3-4,7-10,13,16-17H2,1-2H3. The van der Waals surface area contributed by atoms with Gasteiger partial charge in [-0.2, -0.15) is 0 Å². The van der Waals surface area contributed by atoms with Crippen LogP contribution >= 0.6 is 23.2 Å². The summed E-state index contributed by atoms with van der Waals surface area (Å²) in [6.45, 7) is 1.08. The van der Waals surface area contributed by atoms with Crippen LogP contribution in [0.5, 0.6) is 0 Å². The highest BCUT2D eigenvalue weighted by molar-refractivity contribution is 6.42. The summed E-state index contributed by atoms with van der Waals surface area (Å²) >= 11 is 12.1. The Balaban J connectivity index is 1.60. The van der Waals surface area contributed by atoms with E-state index in [0.717, 1.165) is 50.6 Å². The van der Waals surface area contributed by atoms with Crippen LogP contribution in [-0.4, -0.2) is 42.7 Å². The lowest BCUT2D eigenvalue weighted by Gasteiger charge is -2.35. The zero-order valence-corrected chi connectivity index (χ0v) is 20.6. The molecule has 2 aromatic rings. The third-order valence-electron chi connectivity index (χ3n) is 6.62. The van der Waals surface area contributed by atoms with Crippen molar-refractivity contribution >= 4 is 29.1 Å². The van der Waals surface area contributed by atoms with Crippen LogP contribution in [0.15, 0.2) is 36.4 Å². The van der Waals surface area contributed by atoms with Gasteiger partial charge in [0.05, 0.1) is 16.5 Å². The van der Waals surface area contributed by atoms with Crippen molar-refractivity contribution < 1.29 is 9.90 Å². The number of rotatable bonds is 9. The fourth-order valence-electron chi connectivity index (χ4n) is 4.77. The van der Waals surface area contributed by atoms with Crippen molar-refractivity contribution in [3.05, 3.63) is 68.7 Å². The summed E-state index contributed by atoms with van der Waals surface area (Å²) in [7, 11) is 3.91. The molecule has 2 N–H and O–H groups in total. The molecule has 4 nitrogen and oxygen atoms in total. The Morgan fingerprint density at radius 1 is 1.06 bits per heavy atom. The van der Waals surface area contributed by atoms with Crippen LogP contribution in [-0.2, 0) is 24.2 Å². The maximum atomic E-state index is 12.8. The van der Waals surface area contributed by atoms with Gasteiger partial charge >= 0.3 is 0 Å². The molecule has 3 rings (SSSR count). The zero-order chi connectivity index (χ0) is 23.1. The molecule has 1 fully saturated rings. The second-order valence-electron chi connectivity index (χ2n) is 8.83. The maximum Gasteiger partial charge on any atom is 0.226 e. The molecule has 1 saturated carbocycles. The van der Waals surface area contributed by atoms with E-state index in [9.17, 15) is 4.79 Å². The van der Waals surface area contributed by atoms with Crippen LogP contribution in [0.25, 0.3) is 0 Å². The monoisotopic (exact) mass is 476 g/mol. The van der Waals surface area contributed by atoms with Crippen LogP contribution < -0.4 is 5.32 Å². The lowest BCUT2D eigenvalue weighted by molar-refractivity contribution is -0.131. The van der Waals surface area contributed by atoms with Crippen LogP contribution in [0.1, 0.15) is 60.3 Å². The van der Waals surface area contributed by atoms with E-state index >= 15 is 0 Å². The predicted octanol–water partition coefficient (Wildman–Crippen LogP) is 5.37. The number of likely N-dealkylation sites (N-methyl/N-ethyl adjacent to an activating group) is 1. The first kappa shape index (κ1) is 25.0. The van der Waals surface area contributed by atoms with Crippen molar-refractivity contribution in [2.75, 3.05) is 20.7 Å². The molecule has 0 radical (unpaired) electrons. The Bertz CT molecular complexity index is 911. The summed E-state index contributed by atoms with van der Waals surface area (Å²) < 4.78 is 0. The quantitative estimate of drug-likeness (QED) is 0.511. The zero-order valence-electron chi connectivity index (χ0n) is 19.0. The molecule has 0 heterocycles. The Morgan fingerprint density at radius 3 is 2.44 bits per heavy atom. The summed E-state index contributed by atoms with van der Waals surface area (Å²) in [6.07, 6.45) is 6.25. The molecule has 0 bridgehead atoms. The molecule has 6 heteroatoms. The van der Waals surface area contributed by atoms with Crippen molar-refractivity contribution in [3.8, 4) is 0 Å². The average molecular weight is 477 g/mol. The number of nitrogens with one attached hydrogen (secondary N) is 1. The van der Waals surface area contributed by atoms with Gasteiger partial charge in [0.2, 0.25) is 5.91 Å². The molecular formula is C26H34Cl2N2O2. The Morgan fingerprint density at radius 2 is 1.78 bits per heavy atom. The van der Waals surface area contributed by atoms with Crippen molar-refractivity contribution in [3.63, 3.8) is 0 Å². The highest BCUT2D eigenvalue weighted by Crippen LogP contribution is 2.36. The molecule has 0 spiro atoms. The summed E-state index contributed by atoms with van der Waals surface area (Å²) in [5.41, 5.74) is 4.96. The molecule has 0 saturated heterocycles. The number of aliphatic hydroxyl groups is 1. The number of amides is 1. The molecular weight excluding hydrogens is 443 g/mol. The number of carbonyl (C=O) groups excluding carboxylic acids is 1. The van der Waals surface area contributed by atoms with E-state index < -0.39 is 0 Å². The highest BCUT2D eigenvalue weighted by Gasteiger charge is 2.28. The minimum absolute atomic E-state index is 0.121. The smallest absolute Gasteiger partial charge is 0.226 e. The highest BCUT2D eigenvalue weighted by atomic mass is 35.5. The molecule has 32 heavy (non-hydrogen) atoms. The number of benzene rings is 2. The van der Waals surface area contributed by atoms with Crippen LogP contribution in [0.2, 0.25) is 10.0 Å². The van der Waals surface area contributed by atoms with E-state index in [0.29, 0.717) is 22.4 Å². The fraction of sp³-hybridized carbons (Fsp3) is 0.500. The van der Waals surface area contributed by atoms with E-state index in [1.165, 1.54) is 16.7 Å². The minimum atomic E-state index is 0.121. The largest absolute Gasteiger partial charge is 0.396 e. The fourth-order valence-corrected chi connectivity index (χ4v) is 5.09. The second-order valence-corrected chi connectivity index (χ2v) is 9.64. The lowest BCUT2D eigenvalue weighted by Crippen LogP contribution is -2.40. The van der Waals surface area contributed by atoms with E-state index in [-0.39, 0.29) is 18.6 Å². The first-order chi connectivity index (χ1) is 15.4. The van der Waals surface area contributed by atoms with Crippen LogP contribution in [0.3, 0.4) is 0 Å². The topological polar surface area (TPSA) is 52.6 Å². The first-order valence-corrected chi connectivity index (χ1v) is 12.2. The molecule has 1 aliphatic carbocycles. The van der Waals surface area contributed by atoms with Gasteiger partial charge in [0.15, 0.2) is 0 Å². The molecule has 0 aliphatic heterocycles. The lowest BCUT2D eigenvalue weighted by atomic mass is 9.79. The van der Waals surface area contributed by atoms with E-state index in [1.807, 2.05) is 25.1 Å². The van der Waals surface area contributed by atoms with E-state index in [1.54, 1.807) is 12.1 Å². The van der Waals surface area contributed by atoms with Gasteiger partial charge in [-0.25, -0.2) is 0 Å². The molecule has 0 aromatic heterocycles. The van der Waals surface area contributed by atoms with Crippen LogP contribution in [0.4, 0.5) is 0 Å². The van der Waals surface area contributed by atoms with Gasteiger partial charge in [-0.15, -0.1) is 0 Å². The van der Waals surface area contributed by atoms with Crippen molar-refractivity contribution in [1.82, 2.24) is 10.2 Å². The van der Waals surface area contributed by atoms with Gasteiger partial charge in [-0.3, -0.25) is 4.79 Å². The summed E-state index contributed by atoms with van der Waals surface area (Å²) in [5.74, 6) is 0.649. The SMILES string of the molecule is CNCc1cc(CCCO)ccc1C1CCC(N(C)C(=O)Cc2ccc(Cl)c(Cl)c2)CC1. The van der Waals surface area contributed by atoms with Crippen molar-refractivity contribution in [2.24, 2.45) is 0 Å². The van der Waals surface area contributed by atoms with E-state index in [2.05, 4.69) is 23.5 Å². The van der Waals surface area contributed by atoms with Crippen molar-refractivity contribution in [2.45, 2.75) is 63.5 Å². The summed E-state index contributed by atoms with van der Waals surface area (Å²) in [4.78, 5) is 14.8. The van der Waals surface area contributed by atoms with Gasteiger partial charge in [-0.1, -0.05) is 47.5 Å². The number of hydrogen-bond donors (Lipinski definition) is 2. The van der Waals surface area contributed by atoms with Gasteiger partial charge in [-0.05, 0) is 85.9 Å². The Kier molecular flexibility index (Phi) is 9.42. The molecule has 0 atom stereocenters. The van der Waals surface area contributed by atoms with Gasteiger partial charge in [0, 0.05) is 26.2 Å². The van der Waals surface area contributed by atoms with Crippen molar-refractivity contribution in [1.29, 1.82) is 0 Å². The molecule has 1 amide bonds. The summed E-state index contributed by atoms with van der Waals surface area (Å²) in [6, 6.07) is 12.4. The number of halogens is 2. The molecule has 0 unspecified atom stereocenters. The molecule has 2 aromatic carbocycles. The predicted molar refractivity (Wildman–Crippen MR) is 133 cm³/mol. The van der Waals surface area contributed by atoms with Gasteiger partial charge in [0.25, 0.3) is 0 Å². The average Bonchev–Trinajstić information content (AvgIpc) is 2.80. The van der Waals surface area contributed by atoms with Gasteiger partial charge in [0.1, 0.15) is 0 Å². The van der Waals surface area contributed by atoms with Crippen LogP contribution in [0, 0.1) is 0 Å².